The first-order valence-electron chi connectivity index (χ1n) is 6.54. The predicted molar refractivity (Wildman–Crippen MR) is 75.9 cm³/mol. The minimum Gasteiger partial charge on any atom is -0.496 e. The lowest BCUT2D eigenvalue weighted by atomic mass is 9.99. The fourth-order valence-electron chi connectivity index (χ4n) is 2.25. The van der Waals surface area contributed by atoms with Gasteiger partial charge in [0.2, 0.25) is 0 Å². The summed E-state index contributed by atoms with van der Waals surface area (Å²) in [6, 6.07) is 6.20. The van der Waals surface area contributed by atoms with Crippen molar-refractivity contribution in [3.63, 3.8) is 0 Å². The maximum Gasteiger partial charge on any atom is 0.114 e. The molecule has 0 fully saturated rings. The Kier molecular flexibility index (Phi) is 4.67. The molecule has 0 saturated heterocycles. The van der Waals surface area contributed by atoms with Crippen LogP contribution in [0.3, 0.4) is 0 Å². The average molecular weight is 266 g/mol. The molecule has 0 bridgehead atoms. The van der Waals surface area contributed by atoms with Crippen LogP contribution in [0.4, 0.5) is 0 Å². The average Bonchev–Trinajstić information content (AvgIpc) is 2.85. The molecule has 98 valence electrons. The molecule has 0 saturated carbocycles. The standard InChI is InChI=1S/C15H20ClNO/c1-3-8-17-15(14-5-4-9-18-14)13-7-6-12(16)10-11(13)2/h5-7,10,15,17H,3-4,8-9H2,1-2H3. The highest BCUT2D eigenvalue weighted by Gasteiger charge is 2.21. The Bertz CT molecular complexity index is 442. The van der Waals surface area contributed by atoms with E-state index in [1.54, 1.807) is 0 Å². The number of hydrogen-bond acceptors (Lipinski definition) is 2. The van der Waals surface area contributed by atoms with Crippen LogP contribution < -0.4 is 5.32 Å². The Balaban J connectivity index is 2.26. The van der Waals surface area contributed by atoms with Crippen LogP contribution in [-0.2, 0) is 4.74 Å². The Labute approximate surface area is 114 Å². The molecule has 1 unspecified atom stereocenters. The molecule has 1 aliphatic heterocycles. The molecule has 2 rings (SSSR count). The minimum absolute atomic E-state index is 0.157. The first-order valence-corrected chi connectivity index (χ1v) is 6.92. The summed E-state index contributed by atoms with van der Waals surface area (Å²) < 4.78 is 5.72. The van der Waals surface area contributed by atoms with Gasteiger partial charge in [-0.3, -0.25) is 0 Å². The summed E-state index contributed by atoms with van der Waals surface area (Å²) in [6.07, 6.45) is 4.30. The van der Waals surface area contributed by atoms with Gasteiger partial charge >= 0.3 is 0 Å². The molecule has 0 aliphatic carbocycles. The molecule has 1 atom stereocenters. The predicted octanol–water partition coefficient (Wildman–Crippen LogP) is 3.99. The van der Waals surface area contributed by atoms with E-state index in [0.29, 0.717) is 0 Å². The van der Waals surface area contributed by atoms with E-state index in [1.807, 2.05) is 12.1 Å². The van der Waals surface area contributed by atoms with Crippen LogP contribution in [0.5, 0.6) is 0 Å². The van der Waals surface area contributed by atoms with Gasteiger partial charge in [-0.15, -0.1) is 0 Å². The van der Waals surface area contributed by atoms with E-state index in [0.717, 1.165) is 36.8 Å². The van der Waals surface area contributed by atoms with Crippen molar-refractivity contribution >= 4 is 11.6 Å². The quantitative estimate of drug-likeness (QED) is 0.869. The SMILES string of the molecule is CCCNC(C1=CCCO1)c1ccc(Cl)cc1C. The summed E-state index contributed by atoms with van der Waals surface area (Å²) in [5.74, 6) is 1.05. The smallest absolute Gasteiger partial charge is 0.114 e. The molecule has 3 heteroatoms. The van der Waals surface area contributed by atoms with Crippen LogP contribution in [0.2, 0.25) is 5.02 Å². The zero-order chi connectivity index (χ0) is 13.0. The lowest BCUT2D eigenvalue weighted by molar-refractivity contribution is 0.215. The van der Waals surface area contributed by atoms with Crippen molar-refractivity contribution in [2.45, 2.75) is 32.7 Å². The van der Waals surface area contributed by atoms with Gasteiger partial charge in [-0.2, -0.15) is 0 Å². The summed E-state index contributed by atoms with van der Waals surface area (Å²) >= 11 is 6.02. The van der Waals surface area contributed by atoms with E-state index in [9.17, 15) is 0 Å². The zero-order valence-electron chi connectivity index (χ0n) is 11.0. The molecule has 0 aromatic heterocycles. The molecule has 1 heterocycles. The van der Waals surface area contributed by atoms with E-state index in [2.05, 4.69) is 31.3 Å². The summed E-state index contributed by atoms with van der Waals surface area (Å²) in [6.45, 7) is 6.04. The molecule has 0 radical (unpaired) electrons. The number of halogens is 1. The van der Waals surface area contributed by atoms with E-state index in [-0.39, 0.29) is 6.04 Å². The topological polar surface area (TPSA) is 21.3 Å². The Morgan fingerprint density at radius 2 is 2.28 bits per heavy atom. The maximum atomic E-state index is 6.02. The fraction of sp³-hybridized carbons (Fsp3) is 0.467. The number of rotatable bonds is 5. The summed E-state index contributed by atoms with van der Waals surface area (Å²) in [7, 11) is 0. The highest BCUT2D eigenvalue weighted by molar-refractivity contribution is 6.30. The van der Waals surface area contributed by atoms with Gasteiger partial charge in [0, 0.05) is 11.4 Å². The van der Waals surface area contributed by atoms with Crippen LogP contribution >= 0.6 is 11.6 Å². The van der Waals surface area contributed by atoms with Gasteiger partial charge < -0.3 is 10.1 Å². The Morgan fingerprint density at radius 3 is 2.89 bits per heavy atom. The first-order chi connectivity index (χ1) is 8.72. The third-order valence-corrected chi connectivity index (χ3v) is 3.39. The van der Waals surface area contributed by atoms with Gasteiger partial charge in [0.05, 0.1) is 12.6 Å². The number of benzene rings is 1. The Hall–Kier alpha value is -0.990. The van der Waals surface area contributed by atoms with Crippen molar-refractivity contribution in [3.8, 4) is 0 Å². The van der Waals surface area contributed by atoms with E-state index < -0.39 is 0 Å². The van der Waals surface area contributed by atoms with Gasteiger partial charge in [0.25, 0.3) is 0 Å². The third-order valence-electron chi connectivity index (χ3n) is 3.16. The van der Waals surface area contributed by atoms with Crippen molar-refractivity contribution in [1.29, 1.82) is 0 Å². The van der Waals surface area contributed by atoms with Crippen LogP contribution in [0.15, 0.2) is 30.0 Å². The molecular formula is C15H20ClNO. The van der Waals surface area contributed by atoms with Crippen molar-refractivity contribution in [3.05, 3.63) is 46.2 Å². The van der Waals surface area contributed by atoms with E-state index in [1.165, 1.54) is 11.1 Å². The monoisotopic (exact) mass is 265 g/mol. The van der Waals surface area contributed by atoms with Crippen molar-refractivity contribution < 1.29 is 4.74 Å². The van der Waals surface area contributed by atoms with Gasteiger partial charge in [0.15, 0.2) is 0 Å². The second kappa shape index (κ2) is 6.26. The summed E-state index contributed by atoms with van der Waals surface area (Å²) in [5, 5.41) is 4.34. The number of ether oxygens (including phenoxy) is 1. The molecule has 0 spiro atoms. The van der Waals surface area contributed by atoms with Crippen LogP contribution in [0.1, 0.15) is 36.9 Å². The maximum absolute atomic E-state index is 6.02. The van der Waals surface area contributed by atoms with Crippen molar-refractivity contribution in [1.82, 2.24) is 5.32 Å². The molecular weight excluding hydrogens is 246 g/mol. The van der Waals surface area contributed by atoms with Crippen molar-refractivity contribution in [2.24, 2.45) is 0 Å². The van der Waals surface area contributed by atoms with E-state index in [4.69, 9.17) is 16.3 Å². The number of nitrogens with one attached hydrogen (secondary N) is 1. The van der Waals surface area contributed by atoms with E-state index >= 15 is 0 Å². The molecule has 1 aliphatic rings. The molecule has 1 N–H and O–H groups in total. The second-order valence-corrected chi connectivity index (χ2v) is 5.07. The largest absolute Gasteiger partial charge is 0.496 e. The second-order valence-electron chi connectivity index (χ2n) is 4.63. The molecule has 0 amide bonds. The Morgan fingerprint density at radius 1 is 1.44 bits per heavy atom. The molecule has 1 aromatic rings. The van der Waals surface area contributed by atoms with Crippen LogP contribution in [-0.4, -0.2) is 13.2 Å². The van der Waals surface area contributed by atoms with Crippen LogP contribution in [0.25, 0.3) is 0 Å². The van der Waals surface area contributed by atoms with Gasteiger partial charge in [0.1, 0.15) is 5.76 Å². The zero-order valence-corrected chi connectivity index (χ0v) is 11.8. The van der Waals surface area contributed by atoms with Gasteiger partial charge in [-0.1, -0.05) is 24.6 Å². The number of hydrogen-bond donors (Lipinski definition) is 1. The lowest BCUT2D eigenvalue weighted by Gasteiger charge is -2.22. The van der Waals surface area contributed by atoms with Crippen LogP contribution in [0, 0.1) is 6.92 Å². The van der Waals surface area contributed by atoms with Gasteiger partial charge in [-0.25, -0.2) is 0 Å². The molecule has 1 aromatic carbocycles. The lowest BCUT2D eigenvalue weighted by Crippen LogP contribution is -2.25. The molecule has 2 nitrogen and oxygen atoms in total. The highest BCUT2D eigenvalue weighted by atomic mass is 35.5. The van der Waals surface area contributed by atoms with Crippen molar-refractivity contribution in [2.75, 3.05) is 13.2 Å². The molecule has 18 heavy (non-hydrogen) atoms. The highest BCUT2D eigenvalue weighted by Crippen LogP contribution is 2.29. The summed E-state index contributed by atoms with van der Waals surface area (Å²) in [5.41, 5.74) is 2.45. The number of aryl methyl sites for hydroxylation is 1. The minimum atomic E-state index is 0.157. The third kappa shape index (κ3) is 3.06. The fourth-order valence-corrected chi connectivity index (χ4v) is 2.48. The summed E-state index contributed by atoms with van der Waals surface area (Å²) in [4.78, 5) is 0. The normalized spacial score (nSPS) is 16.3. The van der Waals surface area contributed by atoms with Gasteiger partial charge in [-0.05, 0) is 49.2 Å². The first kappa shape index (κ1) is 13.4.